The summed E-state index contributed by atoms with van der Waals surface area (Å²) >= 11 is 0. The minimum Gasteiger partial charge on any atom is -0.496 e. The SMILES string of the molecule is COc1c(C)cnc(CC(=O)CC2CCCCC2)c1C. The van der Waals surface area contributed by atoms with Gasteiger partial charge in [-0.3, -0.25) is 9.78 Å². The Labute approximate surface area is 121 Å². The Bertz CT molecular complexity index is 476. The van der Waals surface area contributed by atoms with Crippen LogP contribution in [0.3, 0.4) is 0 Å². The van der Waals surface area contributed by atoms with Crippen LogP contribution in [0.4, 0.5) is 0 Å². The van der Waals surface area contributed by atoms with E-state index in [1.807, 2.05) is 13.8 Å². The highest BCUT2D eigenvalue weighted by Gasteiger charge is 2.19. The quantitative estimate of drug-likeness (QED) is 0.820. The highest BCUT2D eigenvalue weighted by molar-refractivity contribution is 5.81. The fourth-order valence-electron chi connectivity index (χ4n) is 3.22. The second-order valence-electron chi connectivity index (χ2n) is 5.97. The van der Waals surface area contributed by atoms with Crippen LogP contribution in [-0.4, -0.2) is 17.9 Å². The number of rotatable bonds is 5. The van der Waals surface area contributed by atoms with Gasteiger partial charge in [-0.2, -0.15) is 0 Å². The molecular formula is C17H25NO2. The van der Waals surface area contributed by atoms with Crippen molar-refractivity contribution < 1.29 is 9.53 Å². The lowest BCUT2D eigenvalue weighted by Crippen LogP contribution is -2.15. The van der Waals surface area contributed by atoms with Crippen molar-refractivity contribution >= 4 is 5.78 Å². The predicted octanol–water partition coefficient (Wildman–Crippen LogP) is 3.79. The molecular weight excluding hydrogens is 250 g/mol. The average molecular weight is 275 g/mol. The normalized spacial score (nSPS) is 16.1. The monoisotopic (exact) mass is 275 g/mol. The zero-order chi connectivity index (χ0) is 14.5. The van der Waals surface area contributed by atoms with Crippen LogP contribution < -0.4 is 4.74 Å². The van der Waals surface area contributed by atoms with Gasteiger partial charge in [0.25, 0.3) is 0 Å². The molecule has 0 N–H and O–H groups in total. The van der Waals surface area contributed by atoms with E-state index in [-0.39, 0.29) is 0 Å². The number of nitrogens with zero attached hydrogens (tertiary/aromatic N) is 1. The molecule has 0 saturated heterocycles. The molecule has 2 rings (SSSR count). The fraction of sp³-hybridized carbons (Fsp3) is 0.647. The number of carbonyl (C=O) groups excluding carboxylic acids is 1. The molecule has 3 nitrogen and oxygen atoms in total. The molecule has 0 radical (unpaired) electrons. The molecule has 0 unspecified atom stereocenters. The van der Waals surface area contributed by atoms with Crippen LogP contribution in [-0.2, 0) is 11.2 Å². The lowest BCUT2D eigenvalue weighted by Gasteiger charge is -2.20. The van der Waals surface area contributed by atoms with Crippen LogP contribution in [0, 0.1) is 19.8 Å². The molecule has 1 heterocycles. The molecule has 1 aliphatic carbocycles. The number of methoxy groups -OCH3 is 1. The van der Waals surface area contributed by atoms with E-state index < -0.39 is 0 Å². The van der Waals surface area contributed by atoms with E-state index in [4.69, 9.17) is 4.74 Å². The zero-order valence-electron chi connectivity index (χ0n) is 12.9. The number of aryl methyl sites for hydroxylation is 1. The molecule has 0 bridgehead atoms. The molecule has 1 aromatic heterocycles. The highest BCUT2D eigenvalue weighted by Crippen LogP contribution is 2.28. The summed E-state index contributed by atoms with van der Waals surface area (Å²) in [7, 11) is 1.67. The molecule has 1 saturated carbocycles. The van der Waals surface area contributed by atoms with E-state index in [2.05, 4.69) is 4.98 Å². The number of pyridine rings is 1. The minimum absolute atomic E-state index is 0.318. The van der Waals surface area contributed by atoms with Gasteiger partial charge in [0, 0.05) is 30.2 Å². The van der Waals surface area contributed by atoms with Crippen LogP contribution in [0.15, 0.2) is 6.20 Å². The third kappa shape index (κ3) is 3.59. The third-order valence-corrected chi connectivity index (χ3v) is 4.36. The van der Waals surface area contributed by atoms with Crippen LogP contribution in [0.1, 0.15) is 55.3 Å². The van der Waals surface area contributed by atoms with Crippen molar-refractivity contribution in [3.8, 4) is 5.75 Å². The lowest BCUT2D eigenvalue weighted by atomic mass is 9.85. The first-order valence-electron chi connectivity index (χ1n) is 7.62. The van der Waals surface area contributed by atoms with Crippen molar-refractivity contribution in [2.24, 2.45) is 5.92 Å². The number of ketones is 1. The number of hydrogen-bond acceptors (Lipinski definition) is 3. The van der Waals surface area contributed by atoms with E-state index in [1.54, 1.807) is 13.3 Å². The van der Waals surface area contributed by atoms with Crippen LogP contribution >= 0.6 is 0 Å². The second kappa shape index (κ2) is 6.87. The van der Waals surface area contributed by atoms with Gasteiger partial charge in [0.05, 0.1) is 12.8 Å². The smallest absolute Gasteiger partial charge is 0.139 e. The van der Waals surface area contributed by atoms with Gasteiger partial charge in [-0.1, -0.05) is 32.1 Å². The summed E-state index contributed by atoms with van der Waals surface area (Å²) in [5.41, 5.74) is 2.89. The zero-order valence-corrected chi connectivity index (χ0v) is 12.9. The lowest BCUT2D eigenvalue weighted by molar-refractivity contribution is -0.119. The molecule has 0 aliphatic heterocycles. The number of carbonyl (C=O) groups is 1. The Kier molecular flexibility index (Phi) is 5.16. The summed E-state index contributed by atoms with van der Waals surface area (Å²) in [5.74, 6) is 1.78. The molecule has 0 spiro atoms. The standard InChI is InChI=1S/C17H25NO2/c1-12-11-18-16(13(2)17(12)20-3)10-15(19)9-14-7-5-4-6-8-14/h11,14H,4-10H2,1-3H3. The van der Waals surface area contributed by atoms with Gasteiger partial charge in [-0.15, -0.1) is 0 Å². The Morgan fingerprint density at radius 1 is 1.30 bits per heavy atom. The molecule has 1 aromatic rings. The topological polar surface area (TPSA) is 39.2 Å². The van der Waals surface area contributed by atoms with Gasteiger partial charge in [0.1, 0.15) is 11.5 Å². The van der Waals surface area contributed by atoms with Crippen LogP contribution in [0.2, 0.25) is 0 Å². The van der Waals surface area contributed by atoms with Crippen molar-refractivity contribution in [3.05, 3.63) is 23.0 Å². The molecule has 0 aromatic carbocycles. The maximum Gasteiger partial charge on any atom is 0.139 e. The highest BCUT2D eigenvalue weighted by atomic mass is 16.5. The maximum absolute atomic E-state index is 12.2. The second-order valence-corrected chi connectivity index (χ2v) is 5.97. The summed E-state index contributed by atoms with van der Waals surface area (Å²) in [4.78, 5) is 16.7. The van der Waals surface area contributed by atoms with Crippen molar-refractivity contribution in [1.82, 2.24) is 4.98 Å². The molecule has 1 aliphatic rings. The molecule has 0 amide bonds. The Hall–Kier alpha value is -1.38. The van der Waals surface area contributed by atoms with Crippen LogP contribution in [0.25, 0.3) is 0 Å². The van der Waals surface area contributed by atoms with Crippen molar-refractivity contribution in [3.63, 3.8) is 0 Å². The Morgan fingerprint density at radius 2 is 2.00 bits per heavy atom. The molecule has 20 heavy (non-hydrogen) atoms. The van der Waals surface area contributed by atoms with Crippen molar-refractivity contribution in [2.75, 3.05) is 7.11 Å². The molecule has 3 heteroatoms. The van der Waals surface area contributed by atoms with Gasteiger partial charge in [-0.25, -0.2) is 0 Å². The first-order chi connectivity index (χ1) is 9.61. The van der Waals surface area contributed by atoms with Gasteiger partial charge >= 0.3 is 0 Å². The van der Waals surface area contributed by atoms with E-state index in [1.165, 1.54) is 32.1 Å². The van der Waals surface area contributed by atoms with E-state index in [0.717, 1.165) is 29.0 Å². The molecule has 110 valence electrons. The number of ether oxygens (including phenoxy) is 1. The van der Waals surface area contributed by atoms with Gasteiger partial charge in [-0.05, 0) is 19.8 Å². The largest absolute Gasteiger partial charge is 0.496 e. The minimum atomic E-state index is 0.318. The first kappa shape index (κ1) is 15.0. The maximum atomic E-state index is 12.2. The van der Waals surface area contributed by atoms with Crippen molar-refractivity contribution in [2.45, 2.75) is 58.8 Å². The summed E-state index contributed by atoms with van der Waals surface area (Å²) < 4.78 is 5.40. The molecule has 1 fully saturated rings. The van der Waals surface area contributed by atoms with Gasteiger partial charge in [0.2, 0.25) is 0 Å². The third-order valence-electron chi connectivity index (χ3n) is 4.36. The molecule has 0 atom stereocenters. The summed E-state index contributed by atoms with van der Waals surface area (Å²) in [6, 6.07) is 0. The van der Waals surface area contributed by atoms with Gasteiger partial charge in [0.15, 0.2) is 0 Å². The average Bonchev–Trinajstić information content (AvgIpc) is 2.44. The first-order valence-corrected chi connectivity index (χ1v) is 7.62. The fourth-order valence-corrected chi connectivity index (χ4v) is 3.22. The summed E-state index contributed by atoms with van der Waals surface area (Å²) in [6.45, 7) is 3.97. The van der Waals surface area contributed by atoms with E-state index >= 15 is 0 Å². The summed E-state index contributed by atoms with van der Waals surface area (Å²) in [6.07, 6.45) is 9.30. The van der Waals surface area contributed by atoms with Crippen molar-refractivity contribution in [1.29, 1.82) is 0 Å². The predicted molar refractivity (Wildman–Crippen MR) is 80.2 cm³/mol. The Balaban J connectivity index is 2.00. The van der Waals surface area contributed by atoms with Gasteiger partial charge < -0.3 is 4.74 Å². The van der Waals surface area contributed by atoms with Crippen LogP contribution in [0.5, 0.6) is 5.75 Å². The number of hydrogen-bond donors (Lipinski definition) is 0. The summed E-state index contributed by atoms with van der Waals surface area (Å²) in [5, 5.41) is 0. The Morgan fingerprint density at radius 3 is 2.65 bits per heavy atom. The van der Waals surface area contributed by atoms with E-state index in [9.17, 15) is 4.79 Å². The number of Topliss-reactive ketones (excluding diaryl/α,β-unsaturated/α-hetero) is 1. The van der Waals surface area contributed by atoms with E-state index in [0.29, 0.717) is 18.1 Å². The number of aromatic nitrogens is 1.